The van der Waals surface area contributed by atoms with Crippen LogP contribution >= 0.6 is 0 Å². The topological polar surface area (TPSA) is 84.7 Å². The Morgan fingerprint density at radius 1 is 1.20 bits per heavy atom. The molecule has 1 fully saturated rings. The van der Waals surface area contributed by atoms with Gasteiger partial charge in [-0.3, -0.25) is 4.79 Å². The summed E-state index contributed by atoms with van der Waals surface area (Å²) in [5.41, 5.74) is 6.26. The third-order valence-electron chi connectivity index (χ3n) is 4.61. The Bertz CT molecular complexity index is 554. The summed E-state index contributed by atoms with van der Waals surface area (Å²) in [6.07, 6.45) is 7.21. The summed E-state index contributed by atoms with van der Waals surface area (Å²) in [5, 5.41) is 3.14. The molecule has 0 aromatic heterocycles. The van der Waals surface area contributed by atoms with Gasteiger partial charge in [0.05, 0.1) is 6.54 Å². The molecule has 6 heteroatoms. The predicted molar refractivity (Wildman–Crippen MR) is 97.5 cm³/mol. The van der Waals surface area contributed by atoms with Crippen LogP contribution in [0.4, 0.5) is 4.79 Å². The molecule has 0 atom stereocenters. The van der Waals surface area contributed by atoms with E-state index in [9.17, 15) is 9.59 Å². The van der Waals surface area contributed by atoms with Gasteiger partial charge in [0.15, 0.2) is 0 Å². The summed E-state index contributed by atoms with van der Waals surface area (Å²) in [5.74, 6) is 0.884. The molecule has 3 amide bonds. The number of primary amides is 1. The first-order valence-electron chi connectivity index (χ1n) is 9.06. The van der Waals surface area contributed by atoms with Crippen LogP contribution in [0.2, 0.25) is 0 Å². The standard InChI is InChI=1S/C19H29N3O3/c1-22(19(20)24)13-14-25-17-10-7-15(8-11-17)9-12-18(23)21-16-5-3-2-4-6-16/h7-8,10-11,16H,2-6,9,12-14H2,1H3,(H2,20,24)(H,21,23). The Morgan fingerprint density at radius 3 is 2.52 bits per heavy atom. The predicted octanol–water partition coefficient (Wildman–Crippen LogP) is 2.46. The number of likely N-dealkylation sites (N-methyl/N-ethyl adjacent to an activating group) is 1. The van der Waals surface area contributed by atoms with E-state index in [1.807, 2.05) is 24.3 Å². The second-order valence-corrected chi connectivity index (χ2v) is 6.65. The summed E-state index contributed by atoms with van der Waals surface area (Å²) >= 11 is 0. The van der Waals surface area contributed by atoms with Crippen molar-refractivity contribution < 1.29 is 14.3 Å². The van der Waals surface area contributed by atoms with Crippen LogP contribution in [0.3, 0.4) is 0 Å². The van der Waals surface area contributed by atoms with Crippen molar-refractivity contribution in [2.45, 2.75) is 51.0 Å². The van der Waals surface area contributed by atoms with Crippen molar-refractivity contribution in [2.24, 2.45) is 5.73 Å². The zero-order chi connectivity index (χ0) is 18.1. The summed E-state index contributed by atoms with van der Waals surface area (Å²) < 4.78 is 5.58. The molecule has 25 heavy (non-hydrogen) atoms. The van der Waals surface area contributed by atoms with Gasteiger partial charge in [0.25, 0.3) is 0 Å². The third kappa shape index (κ3) is 7.03. The van der Waals surface area contributed by atoms with Crippen molar-refractivity contribution in [2.75, 3.05) is 20.2 Å². The van der Waals surface area contributed by atoms with E-state index in [1.54, 1.807) is 7.05 Å². The first-order chi connectivity index (χ1) is 12.0. The number of carbonyl (C=O) groups is 2. The van der Waals surface area contributed by atoms with E-state index < -0.39 is 6.03 Å². The molecule has 0 radical (unpaired) electrons. The number of carbonyl (C=O) groups excluding carboxylic acids is 2. The number of aryl methyl sites for hydroxylation is 1. The molecule has 1 aliphatic carbocycles. The van der Waals surface area contributed by atoms with Gasteiger partial charge in [-0.1, -0.05) is 31.4 Å². The number of nitrogens with zero attached hydrogens (tertiary/aromatic N) is 1. The van der Waals surface area contributed by atoms with E-state index >= 15 is 0 Å². The van der Waals surface area contributed by atoms with Crippen molar-refractivity contribution in [3.05, 3.63) is 29.8 Å². The van der Waals surface area contributed by atoms with Gasteiger partial charge < -0.3 is 20.7 Å². The molecule has 0 saturated heterocycles. The second kappa shape index (κ2) is 9.91. The van der Waals surface area contributed by atoms with Gasteiger partial charge in [0.1, 0.15) is 12.4 Å². The molecule has 138 valence electrons. The molecule has 0 spiro atoms. The monoisotopic (exact) mass is 347 g/mol. The van der Waals surface area contributed by atoms with E-state index in [0.717, 1.165) is 30.6 Å². The van der Waals surface area contributed by atoms with Gasteiger partial charge in [0.2, 0.25) is 5.91 Å². The van der Waals surface area contributed by atoms with Crippen LogP contribution in [-0.4, -0.2) is 43.1 Å². The zero-order valence-corrected chi connectivity index (χ0v) is 15.0. The molecule has 1 aromatic rings. The zero-order valence-electron chi connectivity index (χ0n) is 15.0. The molecule has 0 bridgehead atoms. The number of nitrogens with two attached hydrogens (primary N) is 1. The molecular formula is C19H29N3O3. The number of benzene rings is 1. The van der Waals surface area contributed by atoms with Crippen molar-refractivity contribution in [3.8, 4) is 5.75 Å². The van der Waals surface area contributed by atoms with Crippen LogP contribution in [-0.2, 0) is 11.2 Å². The second-order valence-electron chi connectivity index (χ2n) is 6.65. The highest BCUT2D eigenvalue weighted by Gasteiger charge is 2.15. The van der Waals surface area contributed by atoms with E-state index in [0.29, 0.717) is 25.6 Å². The van der Waals surface area contributed by atoms with Gasteiger partial charge in [-0.05, 0) is 37.0 Å². The molecule has 1 aromatic carbocycles. The summed E-state index contributed by atoms with van der Waals surface area (Å²) in [6.45, 7) is 0.834. The Hall–Kier alpha value is -2.24. The van der Waals surface area contributed by atoms with E-state index in [4.69, 9.17) is 10.5 Å². The lowest BCUT2D eigenvalue weighted by molar-refractivity contribution is -0.121. The maximum Gasteiger partial charge on any atom is 0.314 e. The van der Waals surface area contributed by atoms with Crippen LogP contribution in [0.1, 0.15) is 44.1 Å². The highest BCUT2D eigenvalue weighted by Crippen LogP contribution is 2.18. The van der Waals surface area contributed by atoms with Crippen molar-refractivity contribution in [1.82, 2.24) is 10.2 Å². The molecule has 1 saturated carbocycles. The number of hydrogen-bond donors (Lipinski definition) is 2. The van der Waals surface area contributed by atoms with Gasteiger partial charge in [-0.25, -0.2) is 4.79 Å². The van der Waals surface area contributed by atoms with Crippen LogP contribution in [0, 0.1) is 0 Å². The van der Waals surface area contributed by atoms with Gasteiger partial charge in [-0.2, -0.15) is 0 Å². The molecular weight excluding hydrogens is 318 g/mol. The van der Waals surface area contributed by atoms with E-state index in [-0.39, 0.29) is 5.91 Å². The van der Waals surface area contributed by atoms with E-state index in [2.05, 4.69) is 5.32 Å². The highest BCUT2D eigenvalue weighted by atomic mass is 16.5. The average molecular weight is 347 g/mol. The minimum Gasteiger partial charge on any atom is -0.492 e. The summed E-state index contributed by atoms with van der Waals surface area (Å²) in [6, 6.07) is 7.63. The largest absolute Gasteiger partial charge is 0.492 e. The molecule has 2 rings (SSSR count). The molecule has 3 N–H and O–H groups in total. The minimum absolute atomic E-state index is 0.140. The quantitative estimate of drug-likeness (QED) is 0.757. The van der Waals surface area contributed by atoms with Crippen molar-refractivity contribution in [1.29, 1.82) is 0 Å². The normalized spacial score (nSPS) is 14.8. The number of hydrogen-bond acceptors (Lipinski definition) is 3. The van der Waals surface area contributed by atoms with Gasteiger partial charge >= 0.3 is 6.03 Å². The Kier molecular flexibility index (Phi) is 7.57. The fourth-order valence-corrected chi connectivity index (χ4v) is 2.97. The Labute approximate surface area is 149 Å². The van der Waals surface area contributed by atoms with Crippen LogP contribution in [0.5, 0.6) is 5.75 Å². The molecule has 6 nitrogen and oxygen atoms in total. The number of nitrogens with one attached hydrogen (secondary N) is 1. The van der Waals surface area contributed by atoms with E-state index in [1.165, 1.54) is 24.2 Å². The smallest absolute Gasteiger partial charge is 0.314 e. The number of rotatable bonds is 8. The maximum atomic E-state index is 12.0. The fraction of sp³-hybridized carbons (Fsp3) is 0.579. The summed E-state index contributed by atoms with van der Waals surface area (Å²) in [7, 11) is 1.63. The van der Waals surface area contributed by atoms with Crippen LogP contribution in [0.15, 0.2) is 24.3 Å². The van der Waals surface area contributed by atoms with Crippen LogP contribution < -0.4 is 15.8 Å². The molecule has 1 aliphatic rings. The Balaban J connectivity index is 1.67. The molecule has 0 heterocycles. The summed E-state index contributed by atoms with van der Waals surface area (Å²) in [4.78, 5) is 24.3. The lowest BCUT2D eigenvalue weighted by Gasteiger charge is -2.22. The number of urea groups is 1. The lowest BCUT2D eigenvalue weighted by atomic mass is 9.95. The average Bonchev–Trinajstić information content (AvgIpc) is 2.61. The SMILES string of the molecule is CN(CCOc1ccc(CCC(=O)NC2CCCCC2)cc1)C(N)=O. The highest BCUT2D eigenvalue weighted by molar-refractivity contribution is 5.76. The lowest BCUT2D eigenvalue weighted by Crippen LogP contribution is -2.36. The maximum absolute atomic E-state index is 12.0. The van der Waals surface area contributed by atoms with Gasteiger partial charge in [0, 0.05) is 19.5 Å². The van der Waals surface area contributed by atoms with Crippen molar-refractivity contribution in [3.63, 3.8) is 0 Å². The van der Waals surface area contributed by atoms with Crippen LogP contribution in [0.25, 0.3) is 0 Å². The molecule has 0 unspecified atom stereocenters. The minimum atomic E-state index is -0.467. The Morgan fingerprint density at radius 2 is 1.88 bits per heavy atom. The molecule has 0 aliphatic heterocycles. The van der Waals surface area contributed by atoms with Gasteiger partial charge in [-0.15, -0.1) is 0 Å². The number of amides is 3. The van der Waals surface area contributed by atoms with Crippen molar-refractivity contribution >= 4 is 11.9 Å². The fourth-order valence-electron chi connectivity index (χ4n) is 2.97. The number of ether oxygens (including phenoxy) is 1. The first-order valence-corrected chi connectivity index (χ1v) is 9.06. The third-order valence-corrected chi connectivity index (χ3v) is 4.61. The first kappa shape index (κ1) is 19.1.